The number of alkyl carbamates (subject to hydrolysis) is 1. The summed E-state index contributed by atoms with van der Waals surface area (Å²) in [5.74, 6) is 2.18. The smallest absolute Gasteiger partial charge is 0.408 e. The van der Waals surface area contributed by atoms with Gasteiger partial charge in [0.15, 0.2) is 1.41 Å². The van der Waals surface area contributed by atoms with Crippen molar-refractivity contribution < 1.29 is 15.7 Å². The lowest BCUT2D eigenvalue weighted by molar-refractivity contribution is -0.117. The van der Waals surface area contributed by atoms with Gasteiger partial charge in [-0.05, 0) is 45.1 Å². The fourth-order valence-electron chi connectivity index (χ4n) is 2.11. The summed E-state index contributed by atoms with van der Waals surface area (Å²) < 4.78 is 12.9. The van der Waals surface area contributed by atoms with Crippen molar-refractivity contribution in [2.75, 3.05) is 5.32 Å². The van der Waals surface area contributed by atoms with Crippen molar-refractivity contribution in [2.45, 2.75) is 39.3 Å². The van der Waals surface area contributed by atoms with Crippen LogP contribution in [0.15, 0.2) is 30.3 Å². The van der Waals surface area contributed by atoms with Gasteiger partial charge in [0.05, 0.1) is 0 Å². The number of hydrogen-bond acceptors (Lipinski definition) is 4. The first-order chi connectivity index (χ1) is 12.1. The van der Waals surface area contributed by atoms with Gasteiger partial charge in [-0.2, -0.15) is 0 Å². The number of anilines is 1. The predicted octanol–water partition coefficient (Wildman–Crippen LogP) is 3.07. The molecule has 2 N–H and O–H groups in total. The van der Waals surface area contributed by atoms with E-state index in [4.69, 9.17) is 12.6 Å². The van der Waals surface area contributed by atoms with Crippen LogP contribution in [0.5, 0.6) is 0 Å². The molecule has 0 saturated carbocycles. The fourth-order valence-corrected chi connectivity index (χ4v) is 2.11. The summed E-state index contributed by atoms with van der Waals surface area (Å²) in [5.41, 5.74) is -0.352. The normalized spacial score (nSPS) is 12.7. The third kappa shape index (κ3) is 4.95. The van der Waals surface area contributed by atoms with Gasteiger partial charge in [-0.15, -0.1) is 6.42 Å². The van der Waals surface area contributed by atoms with Crippen molar-refractivity contribution in [3.63, 3.8) is 0 Å². The number of terminal acetylenes is 1. The third-order valence-corrected chi connectivity index (χ3v) is 3.20. The molecule has 1 heterocycles. The van der Waals surface area contributed by atoms with Crippen LogP contribution in [0.1, 0.15) is 33.4 Å². The number of fused-ring (bicyclic) bond motifs is 1. The quantitative estimate of drug-likeness (QED) is 0.842. The Balaban J connectivity index is 2.18. The maximum absolute atomic E-state index is 12.4. The molecule has 1 unspecified atom stereocenters. The lowest BCUT2D eigenvalue weighted by Crippen LogP contribution is -2.44. The number of nitrogens with one attached hydrogen (secondary N) is 2. The van der Waals surface area contributed by atoms with Crippen LogP contribution in [0.3, 0.4) is 0 Å². The number of amides is 2. The average molecular weight is 340 g/mol. The van der Waals surface area contributed by atoms with Crippen molar-refractivity contribution in [1.29, 1.82) is 0 Å². The fraction of sp³-hybridized carbons (Fsp3) is 0.316. The van der Waals surface area contributed by atoms with E-state index in [2.05, 4.69) is 16.2 Å². The number of nitrogens with zero attached hydrogens (tertiary/aromatic N) is 1. The van der Waals surface area contributed by atoms with Gasteiger partial charge in [0, 0.05) is 5.39 Å². The Bertz CT molecular complexity index is 884. The SMILES string of the molecule is [2H]N(C(=O)OC(C)(C)C)C(C)C(=O)Nc1cc2ccccc2c(C#C)n1. The molecule has 0 radical (unpaired) electrons. The molecule has 0 bridgehead atoms. The number of benzene rings is 1. The molecule has 25 heavy (non-hydrogen) atoms. The minimum absolute atomic E-state index is 0.256. The lowest BCUT2D eigenvalue weighted by Gasteiger charge is -2.21. The molecule has 2 aromatic rings. The van der Waals surface area contributed by atoms with Crippen LogP contribution in [-0.4, -0.2) is 28.6 Å². The minimum Gasteiger partial charge on any atom is -0.444 e. The molecule has 0 fully saturated rings. The molecule has 2 rings (SSSR count). The first-order valence-electron chi connectivity index (χ1n) is 8.25. The summed E-state index contributed by atoms with van der Waals surface area (Å²) in [6.45, 7) is 6.48. The van der Waals surface area contributed by atoms with Gasteiger partial charge in [-0.25, -0.2) is 9.78 Å². The topological polar surface area (TPSA) is 80.3 Å². The third-order valence-electron chi connectivity index (χ3n) is 3.20. The highest BCUT2D eigenvalue weighted by atomic mass is 16.6. The van der Waals surface area contributed by atoms with E-state index in [1.54, 1.807) is 26.8 Å². The number of pyridine rings is 1. The lowest BCUT2D eigenvalue weighted by atomic mass is 10.1. The highest BCUT2D eigenvalue weighted by Crippen LogP contribution is 2.20. The van der Waals surface area contributed by atoms with Crippen LogP contribution >= 0.6 is 0 Å². The van der Waals surface area contributed by atoms with Crippen molar-refractivity contribution in [2.24, 2.45) is 0 Å². The van der Waals surface area contributed by atoms with E-state index in [0.29, 0.717) is 11.0 Å². The van der Waals surface area contributed by atoms with E-state index in [1.165, 1.54) is 6.92 Å². The Morgan fingerprint density at radius 3 is 2.68 bits per heavy atom. The molecule has 2 amide bonds. The minimum atomic E-state index is -1.08. The highest BCUT2D eigenvalue weighted by Gasteiger charge is 2.21. The molecule has 1 aromatic carbocycles. The first kappa shape index (κ1) is 16.8. The van der Waals surface area contributed by atoms with Crippen LogP contribution in [0.25, 0.3) is 10.8 Å². The molecular formula is C19H21N3O3. The molecule has 0 spiro atoms. The van der Waals surface area contributed by atoms with Crippen LogP contribution in [0.2, 0.25) is 1.41 Å². The van der Waals surface area contributed by atoms with Gasteiger partial charge in [0.25, 0.3) is 0 Å². The van der Waals surface area contributed by atoms with E-state index in [0.717, 1.165) is 10.8 Å². The second-order valence-electron chi connectivity index (χ2n) is 6.50. The molecule has 0 aliphatic carbocycles. The number of ether oxygens (including phenoxy) is 1. The molecule has 0 aliphatic rings. The summed E-state index contributed by atoms with van der Waals surface area (Å²) >= 11 is 0. The van der Waals surface area contributed by atoms with Gasteiger partial charge in [-0.1, -0.05) is 24.3 Å². The maximum atomic E-state index is 12.4. The summed E-state index contributed by atoms with van der Waals surface area (Å²) in [7, 11) is 0. The summed E-state index contributed by atoms with van der Waals surface area (Å²) in [6.07, 6.45) is 4.59. The number of rotatable bonds is 3. The van der Waals surface area contributed by atoms with E-state index >= 15 is 0 Å². The number of carbonyl (C=O) groups is 2. The number of aromatic nitrogens is 1. The van der Waals surface area contributed by atoms with Crippen molar-refractivity contribution in [3.05, 3.63) is 36.0 Å². The molecule has 1 atom stereocenters. The van der Waals surface area contributed by atoms with Crippen LogP contribution < -0.4 is 10.6 Å². The molecule has 6 nitrogen and oxygen atoms in total. The molecule has 1 aromatic heterocycles. The molecule has 130 valence electrons. The van der Waals surface area contributed by atoms with Crippen LogP contribution in [-0.2, 0) is 9.53 Å². The highest BCUT2D eigenvalue weighted by molar-refractivity contribution is 5.98. The van der Waals surface area contributed by atoms with Crippen molar-refractivity contribution in [3.8, 4) is 12.3 Å². The first-order valence-corrected chi connectivity index (χ1v) is 7.80. The van der Waals surface area contributed by atoms with Gasteiger partial charge in [0.1, 0.15) is 23.2 Å². The second-order valence-corrected chi connectivity index (χ2v) is 6.50. The van der Waals surface area contributed by atoms with Crippen molar-refractivity contribution in [1.82, 2.24) is 10.3 Å². The summed E-state index contributed by atoms with van der Waals surface area (Å²) in [5, 5.41) is 4.71. The number of hydrogen-bond donors (Lipinski definition) is 2. The predicted molar refractivity (Wildman–Crippen MR) is 97.1 cm³/mol. The Morgan fingerprint density at radius 2 is 2.04 bits per heavy atom. The maximum Gasteiger partial charge on any atom is 0.408 e. The zero-order valence-corrected chi connectivity index (χ0v) is 14.7. The van der Waals surface area contributed by atoms with E-state index in [1.807, 2.05) is 24.3 Å². The van der Waals surface area contributed by atoms with E-state index < -0.39 is 23.6 Å². The van der Waals surface area contributed by atoms with Crippen LogP contribution in [0.4, 0.5) is 10.6 Å². The van der Waals surface area contributed by atoms with E-state index in [-0.39, 0.29) is 5.82 Å². The zero-order valence-electron chi connectivity index (χ0n) is 15.7. The molecular weight excluding hydrogens is 318 g/mol. The standard InChI is InChI=1S/C19H21N3O3/c1-6-15-14-10-8-7-9-13(14)11-16(21-15)22-17(23)12(2)20-18(24)25-19(3,4)5/h1,7-12H,2-5H3,(H,20,24)(H,21,22,23)/i/hD. The van der Waals surface area contributed by atoms with Gasteiger partial charge < -0.3 is 15.4 Å². The summed E-state index contributed by atoms with van der Waals surface area (Å²) in [6, 6.07) is 8.01. The molecule has 0 aliphatic heterocycles. The average Bonchev–Trinajstić information content (AvgIpc) is 2.58. The largest absolute Gasteiger partial charge is 0.444 e. The Hall–Kier alpha value is -3.07. The number of carbonyl (C=O) groups excluding carboxylic acids is 2. The Morgan fingerprint density at radius 1 is 1.36 bits per heavy atom. The van der Waals surface area contributed by atoms with E-state index in [9.17, 15) is 9.59 Å². The van der Waals surface area contributed by atoms with Gasteiger partial charge >= 0.3 is 6.09 Å². The van der Waals surface area contributed by atoms with Gasteiger partial charge in [0.2, 0.25) is 5.91 Å². The summed E-state index contributed by atoms with van der Waals surface area (Å²) in [4.78, 5) is 28.6. The Labute approximate surface area is 148 Å². The molecule has 0 saturated heterocycles. The molecule has 6 heteroatoms. The van der Waals surface area contributed by atoms with Crippen molar-refractivity contribution >= 4 is 28.6 Å². The Kier molecular flexibility index (Phi) is 4.85. The van der Waals surface area contributed by atoms with Gasteiger partial charge in [-0.3, -0.25) is 4.79 Å². The van der Waals surface area contributed by atoms with Crippen LogP contribution in [0, 0.1) is 12.3 Å². The monoisotopic (exact) mass is 340 g/mol. The second kappa shape index (κ2) is 7.22. The zero-order chi connectivity index (χ0) is 19.5.